The Labute approximate surface area is 188 Å². The zero-order valence-electron chi connectivity index (χ0n) is 19.4. The van der Waals surface area contributed by atoms with E-state index in [1.165, 1.54) is 10.4 Å². The minimum atomic E-state index is -2.57. The lowest BCUT2D eigenvalue weighted by Gasteiger charge is -2.45. The fourth-order valence-electron chi connectivity index (χ4n) is 6.43. The average molecular weight is 433 g/mol. The first-order valence-corrected chi connectivity index (χ1v) is 13.6. The predicted octanol–water partition coefficient (Wildman–Crippen LogP) is 5.37. The second-order valence-corrected chi connectivity index (χ2v) is 14.8. The molecule has 2 aromatic rings. The molecule has 4 rings (SSSR count). The van der Waals surface area contributed by atoms with Crippen LogP contribution in [0.1, 0.15) is 47.0 Å². The molecule has 0 saturated heterocycles. The van der Waals surface area contributed by atoms with Gasteiger partial charge >= 0.3 is 0 Å². The fraction of sp³-hybridized carbons (Fsp3) is 0.464. The molecule has 0 bridgehead atoms. The highest BCUT2D eigenvalue weighted by molar-refractivity contribution is 6.99. The molecule has 0 unspecified atom stereocenters. The minimum Gasteiger partial charge on any atom is -0.404 e. The Kier molecular flexibility index (Phi) is 6.11. The number of rotatable bonds is 6. The van der Waals surface area contributed by atoms with Crippen molar-refractivity contribution in [1.82, 2.24) is 0 Å². The summed E-state index contributed by atoms with van der Waals surface area (Å²) in [6, 6.07) is 21.8. The van der Waals surface area contributed by atoms with E-state index in [2.05, 4.69) is 94.9 Å². The van der Waals surface area contributed by atoms with Gasteiger partial charge in [0.05, 0.1) is 0 Å². The zero-order chi connectivity index (χ0) is 22.2. The molecule has 0 aliphatic heterocycles. The van der Waals surface area contributed by atoms with E-state index in [9.17, 15) is 4.79 Å². The lowest BCUT2D eigenvalue weighted by atomic mass is 9.83. The van der Waals surface area contributed by atoms with Crippen molar-refractivity contribution >= 4 is 24.5 Å². The van der Waals surface area contributed by atoms with Crippen LogP contribution in [-0.2, 0) is 9.22 Å². The van der Waals surface area contributed by atoms with E-state index in [4.69, 9.17) is 4.43 Å². The Balaban J connectivity index is 1.76. The number of ketones is 1. The van der Waals surface area contributed by atoms with Crippen molar-refractivity contribution in [1.29, 1.82) is 0 Å². The van der Waals surface area contributed by atoms with Crippen LogP contribution in [0.25, 0.3) is 0 Å². The standard InChI is InChI=1S/C28H36O2Si/c1-6-13-24-25(29)18-21-19-26(20(2)27(21)24)30-31(28(3,4)5,22-14-9-7-10-15-22)23-16-11-8-12-17-23/h6-12,14-17,20-21,24,26-27H,1,13,18-19H2,2-5H3/t20-,21-,24+,26+,27+/m0/s1. The average Bonchev–Trinajstić information content (AvgIpc) is 3.21. The third-order valence-corrected chi connectivity index (χ3v) is 12.8. The van der Waals surface area contributed by atoms with E-state index >= 15 is 0 Å². The maximum Gasteiger partial charge on any atom is 0.261 e. The molecule has 0 aromatic heterocycles. The maximum atomic E-state index is 12.6. The molecule has 0 heterocycles. The molecule has 0 spiro atoms. The Hall–Kier alpha value is -1.97. The van der Waals surface area contributed by atoms with Crippen molar-refractivity contribution in [2.45, 2.75) is 58.1 Å². The molecule has 2 aliphatic rings. The van der Waals surface area contributed by atoms with Crippen LogP contribution in [0.15, 0.2) is 73.3 Å². The number of carbonyl (C=O) groups is 1. The summed E-state index contributed by atoms with van der Waals surface area (Å²) >= 11 is 0. The smallest absolute Gasteiger partial charge is 0.261 e. The van der Waals surface area contributed by atoms with Gasteiger partial charge in [0.15, 0.2) is 0 Å². The summed E-state index contributed by atoms with van der Waals surface area (Å²) in [5.74, 6) is 1.82. The van der Waals surface area contributed by atoms with E-state index in [0.29, 0.717) is 30.0 Å². The van der Waals surface area contributed by atoms with Crippen molar-refractivity contribution in [2.75, 3.05) is 0 Å². The molecule has 164 valence electrons. The lowest BCUT2D eigenvalue weighted by molar-refractivity contribution is -0.121. The molecule has 31 heavy (non-hydrogen) atoms. The molecule has 2 aliphatic carbocycles. The summed E-state index contributed by atoms with van der Waals surface area (Å²) in [5, 5.41) is 2.64. The number of carbonyl (C=O) groups excluding carboxylic acids is 1. The molecule has 2 fully saturated rings. The fourth-order valence-corrected chi connectivity index (χ4v) is 11.2. The molecule has 2 nitrogen and oxygen atoms in total. The van der Waals surface area contributed by atoms with E-state index in [1.54, 1.807) is 0 Å². The number of fused-ring (bicyclic) bond motifs is 1. The van der Waals surface area contributed by atoms with Gasteiger partial charge in [0, 0.05) is 18.4 Å². The first-order chi connectivity index (χ1) is 14.8. The number of benzene rings is 2. The molecule has 2 saturated carbocycles. The van der Waals surface area contributed by atoms with Crippen molar-refractivity contribution in [3.05, 3.63) is 73.3 Å². The largest absolute Gasteiger partial charge is 0.404 e. The molecule has 0 radical (unpaired) electrons. The van der Waals surface area contributed by atoms with Crippen molar-refractivity contribution in [3.8, 4) is 0 Å². The van der Waals surface area contributed by atoms with Crippen molar-refractivity contribution in [3.63, 3.8) is 0 Å². The van der Waals surface area contributed by atoms with Gasteiger partial charge in [-0.25, -0.2) is 0 Å². The second kappa shape index (κ2) is 8.52. The van der Waals surface area contributed by atoms with Gasteiger partial charge in [0.25, 0.3) is 8.32 Å². The first kappa shape index (κ1) is 22.2. The number of Topliss-reactive ketones (excluding diaryl/α,β-unsaturated/α-hetero) is 1. The third kappa shape index (κ3) is 3.76. The predicted molar refractivity (Wildman–Crippen MR) is 131 cm³/mol. The van der Waals surface area contributed by atoms with Gasteiger partial charge in [-0.1, -0.05) is 94.4 Å². The van der Waals surface area contributed by atoms with E-state index in [0.717, 1.165) is 12.8 Å². The van der Waals surface area contributed by atoms with Crippen LogP contribution in [0.5, 0.6) is 0 Å². The van der Waals surface area contributed by atoms with Crippen LogP contribution in [0.3, 0.4) is 0 Å². The third-order valence-electron chi connectivity index (χ3n) is 7.78. The van der Waals surface area contributed by atoms with Crippen LogP contribution in [0, 0.1) is 23.7 Å². The first-order valence-electron chi connectivity index (χ1n) is 11.7. The molecule has 2 aromatic carbocycles. The van der Waals surface area contributed by atoms with E-state index < -0.39 is 8.32 Å². The maximum absolute atomic E-state index is 12.6. The Morgan fingerprint density at radius 3 is 2.06 bits per heavy atom. The summed E-state index contributed by atoms with van der Waals surface area (Å²) in [6.07, 6.45) is 4.62. The van der Waals surface area contributed by atoms with Gasteiger partial charge < -0.3 is 4.43 Å². The molecular formula is C28H36O2Si. The minimum absolute atomic E-state index is 0.0243. The van der Waals surface area contributed by atoms with E-state index in [-0.39, 0.29) is 17.1 Å². The monoisotopic (exact) mass is 432 g/mol. The van der Waals surface area contributed by atoms with Gasteiger partial charge in [0.1, 0.15) is 5.78 Å². The molecule has 0 amide bonds. The van der Waals surface area contributed by atoms with Gasteiger partial charge in [0.2, 0.25) is 0 Å². The highest BCUT2D eigenvalue weighted by atomic mass is 28.4. The summed E-state index contributed by atoms with van der Waals surface area (Å²) in [7, 11) is -2.57. The summed E-state index contributed by atoms with van der Waals surface area (Å²) in [5.41, 5.74) is 0. The molecular weight excluding hydrogens is 396 g/mol. The van der Waals surface area contributed by atoms with Crippen LogP contribution >= 0.6 is 0 Å². The molecule has 5 atom stereocenters. The van der Waals surface area contributed by atoms with Gasteiger partial charge in [-0.2, -0.15) is 0 Å². The SMILES string of the molecule is C=CC[C@@H]1C(=O)C[C@H]2C[C@@H](O[Si](c3ccccc3)(c3ccccc3)C(C)(C)C)[C@H](C)[C@H]21. The van der Waals surface area contributed by atoms with Crippen LogP contribution in [-0.4, -0.2) is 20.2 Å². The van der Waals surface area contributed by atoms with Crippen LogP contribution in [0.4, 0.5) is 0 Å². The molecule has 3 heteroatoms. The summed E-state index contributed by atoms with van der Waals surface area (Å²) < 4.78 is 7.45. The van der Waals surface area contributed by atoms with Crippen molar-refractivity contribution in [2.24, 2.45) is 23.7 Å². The normalized spacial score (nSPS) is 28.5. The number of hydrogen-bond donors (Lipinski definition) is 0. The van der Waals surface area contributed by atoms with Crippen LogP contribution in [0.2, 0.25) is 5.04 Å². The molecule has 0 N–H and O–H groups in total. The van der Waals surface area contributed by atoms with E-state index in [1.807, 2.05) is 6.08 Å². The highest BCUT2D eigenvalue weighted by Crippen LogP contribution is 2.52. The highest BCUT2D eigenvalue weighted by Gasteiger charge is 2.57. The Morgan fingerprint density at radius 1 is 1.03 bits per heavy atom. The Bertz CT molecular complexity index is 876. The summed E-state index contributed by atoms with van der Waals surface area (Å²) in [6.45, 7) is 13.2. The lowest BCUT2D eigenvalue weighted by Crippen LogP contribution is -2.68. The number of hydrogen-bond acceptors (Lipinski definition) is 2. The quantitative estimate of drug-likeness (QED) is 0.453. The number of allylic oxidation sites excluding steroid dienone is 1. The second-order valence-electron chi connectivity index (χ2n) is 10.6. The summed E-state index contributed by atoms with van der Waals surface area (Å²) in [4.78, 5) is 12.6. The van der Waals surface area contributed by atoms with Crippen molar-refractivity contribution < 1.29 is 9.22 Å². The topological polar surface area (TPSA) is 26.3 Å². The Morgan fingerprint density at radius 2 is 1.58 bits per heavy atom. The van der Waals surface area contributed by atoms with Gasteiger partial charge in [-0.3, -0.25) is 4.79 Å². The van der Waals surface area contributed by atoms with Gasteiger partial charge in [-0.15, -0.1) is 6.58 Å². The van der Waals surface area contributed by atoms with Crippen LogP contribution < -0.4 is 10.4 Å². The van der Waals surface area contributed by atoms with Gasteiger partial charge in [-0.05, 0) is 46.0 Å². The zero-order valence-corrected chi connectivity index (χ0v) is 20.4.